The standard InChI is InChI=1S/C18H22N6O/c1-11-15(12(2)23-22-11)9-20-18(25)13-7-16-17(19-8-13)24(10-21-16)14-5-3-4-6-14/h7-8,10,14H,3-6,9H2,1-2H3,(H,20,25)(H,22,23). The number of carbonyl (C=O) groups excluding carboxylic acids is 1. The fourth-order valence-electron chi connectivity index (χ4n) is 3.60. The Kier molecular flexibility index (Phi) is 3.99. The van der Waals surface area contributed by atoms with Gasteiger partial charge in [0.25, 0.3) is 5.91 Å². The molecule has 2 N–H and O–H groups in total. The summed E-state index contributed by atoms with van der Waals surface area (Å²) in [4.78, 5) is 21.4. The van der Waals surface area contributed by atoms with Crippen LogP contribution in [-0.4, -0.2) is 30.6 Å². The molecule has 0 spiro atoms. The number of rotatable bonds is 4. The molecule has 7 heteroatoms. The summed E-state index contributed by atoms with van der Waals surface area (Å²) >= 11 is 0. The number of hydrogen-bond acceptors (Lipinski definition) is 4. The Morgan fingerprint density at radius 3 is 2.84 bits per heavy atom. The lowest BCUT2D eigenvalue weighted by atomic mass is 10.2. The highest BCUT2D eigenvalue weighted by Crippen LogP contribution is 2.31. The van der Waals surface area contributed by atoms with Gasteiger partial charge in [-0.2, -0.15) is 5.10 Å². The molecule has 1 aliphatic carbocycles. The second-order valence-electron chi connectivity index (χ2n) is 6.75. The zero-order chi connectivity index (χ0) is 17.4. The quantitative estimate of drug-likeness (QED) is 0.765. The van der Waals surface area contributed by atoms with E-state index in [-0.39, 0.29) is 5.91 Å². The lowest BCUT2D eigenvalue weighted by Gasteiger charge is -2.11. The molecule has 0 bridgehead atoms. The number of nitrogens with zero attached hydrogens (tertiary/aromatic N) is 4. The van der Waals surface area contributed by atoms with Gasteiger partial charge in [-0.1, -0.05) is 12.8 Å². The molecule has 25 heavy (non-hydrogen) atoms. The predicted octanol–water partition coefficient (Wildman–Crippen LogP) is 2.82. The van der Waals surface area contributed by atoms with Gasteiger partial charge in [-0.15, -0.1) is 0 Å². The summed E-state index contributed by atoms with van der Waals surface area (Å²) in [5.74, 6) is -0.148. The van der Waals surface area contributed by atoms with Gasteiger partial charge in [-0.3, -0.25) is 9.89 Å². The van der Waals surface area contributed by atoms with Crippen molar-refractivity contribution >= 4 is 17.1 Å². The summed E-state index contributed by atoms with van der Waals surface area (Å²) in [5.41, 5.74) is 5.07. The largest absolute Gasteiger partial charge is 0.348 e. The molecule has 3 aromatic heterocycles. The maximum absolute atomic E-state index is 12.5. The van der Waals surface area contributed by atoms with E-state index in [0.29, 0.717) is 18.2 Å². The first-order valence-corrected chi connectivity index (χ1v) is 8.74. The van der Waals surface area contributed by atoms with Gasteiger partial charge in [-0.25, -0.2) is 9.97 Å². The summed E-state index contributed by atoms with van der Waals surface area (Å²) < 4.78 is 2.15. The molecule has 1 saturated carbocycles. The van der Waals surface area contributed by atoms with Crippen LogP contribution in [0.5, 0.6) is 0 Å². The molecule has 4 rings (SSSR count). The normalized spacial score (nSPS) is 15.1. The van der Waals surface area contributed by atoms with Gasteiger partial charge < -0.3 is 9.88 Å². The van der Waals surface area contributed by atoms with E-state index in [9.17, 15) is 4.79 Å². The second-order valence-corrected chi connectivity index (χ2v) is 6.75. The van der Waals surface area contributed by atoms with Crippen LogP contribution in [0.25, 0.3) is 11.2 Å². The molecule has 0 unspecified atom stereocenters. The number of aromatic nitrogens is 5. The van der Waals surface area contributed by atoms with Gasteiger partial charge in [0.2, 0.25) is 0 Å². The molecule has 130 valence electrons. The monoisotopic (exact) mass is 338 g/mol. The lowest BCUT2D eigenvalue weighted by Crippen LogP contribution is -2.23. The second kappa shape index (κ2) is 6.31. The minimum atomic E-state index is -0.148. The summed E-state index contributed by atoms with van der Waals surface area (Å²) in [6.07, 6.45) is 8.38. The third kappa shape index (κ3) is 2.90. The lowest BCUT2D eigenvalue weighted by molar-refractivity contribution is 0.0950. The van der Waals surface area contributed by atoms with Crippen molar-refractivity contribution in [1.29, 1.82) is 0 Å². The highest BCUT2D eigenvalue weighted by Gasteiger charge is 2.20. The van der Waals surface area contributed by atoms with Crippen LogP contribution in [0.4, 0.5) is 0 Å². The Bertz CT molecular complexity index is 899. The Hall–Kier alpha value is -2.70. The van der Waals surface area contributed by atoms with Crippen molar-refractivity contribution in [3.05, 3.63) is 41.1 Å². The van der Waals surface area contributed by atoms with Crippen molar-refractivity contribution in [1.82, 2.24) is 30.0 Å². The van der Waals surface area contributed by atoms with E-state index in [1.807, 2.05) is 26.2 Å². The van der Waals surface area contributed by atoms with Crippen LogP contribution in [0.1, 0.15) is 59.0 Å². The molecule has 0 radical (unpaired) electrons. The Morgan fingerprint density at radius 1 is 1.32 bits per heavy atom. The molecule has 0 atom stereocenters. The topological polar surface area (TPSA) is 88.5 Å². The SMILES string of the molecule is Cc1n[nH]c(C)c1CNC(=O)c1cnc2c(c1)ncn2C1CCCC1. The molecular weight excluding hydrogens is 316 g/mol. The van der Waals surface area contributed by atoms with Crippen LogP contribution in [0, 0.1) is 13.8 Å². The third-order valence-corrected chi connectivity index (χ3v) is 5.10. The zero-order valence-electron chi connectivity index (χ0n) is 14.5. The minimum Gasteiger partial charge on any atom is -0.348 e. The number of carbonyl (C=O) groups is 1. The van der Waals surface area contributed by atoms with Crippen molar-refractivity contribution in [3.8, 4) is 0 Å². The fourth-order valence-corrected chi connectivity index (χ4v) is 3.60. The predicted molar refractivity (Wildman–Crippen MR) is 94.3 cm³/mol. The van der Waals surface area contributed by atoms with Crippen molar-refractivity contribution in [3.63, 3.8) is 0 Å². The van der Waals surface area contributed by atoms with Gasteiger partial charge in [0.1, 0.15) is 5.52 Å². The van der Waals surface area contributed by atoms with E-state index in [1.54, 1.807) is 6.20 Å². The molecule has 3 aromatic rings. The Balaban J connectivity index is 1.52. The number of imidazole rings is 1. The van der Waals surface area contributed by atoms with Crippen LogP contribution in [0.3, 0.4) is 0 Å². The summed E-state index contributed by atoms with van der Waals surface area (Å²) in [6.45, 7) is 4.32. The first-order chi connectivity index (χ1) is 12.1. The van der Waals surface area contributed by atoms with Crippen molar-refractivity contribution < 1.29 is 4.79 Å². The summed E-state index contributed by atoms with van der Waals surface area (Å²) in [7, 11) is 0. The molecule has 1 aliphatic rings. The number of hydrogen-bond donors (Lipinski definition) is 2. The van der Waals surface area contributed by atoms with Crippen LogP contribution < -0.4 is 5.32 Å². The average Bonchev–Trinajstić information content (AvgIpc) is 3.33. The Labute approximate surface area is 145 Å². The number of nitrogens with one attached hydrogen (secondary N) is 2. The maximum atomic E-state index is 12.5. The molecule has 1 fully saturated rings. The van der Waals surface area contributed by atoms with Gasteiger partial charge in [0.05, 0.1) is 17.6 Å². The molecule has 1 amide bonds. The number of aromatic amines is 1. The molecule has 3 heterocycles. The van der Waals surface area contributed by atoms with E-state index in [4.69, 9.17) is 0 Å². The van der Waals surface area contributed by atoms with Gasteiger partial charge in [0, 0.05) is 30.0 Å². The molecule has 0 aliphatic heterocycles. The summed E-state index contributed by atoms with van der Waals surface area (Å²) in [6, 6.07) is 2.31. The highest BCUT2D eigenvalue weighted by molar-refractivity contribution is 5.96. The van der Waals surface area contributed by atoms with Crippen LogP contribution in [0.2, 0.25) is 0 Å². The number of aryl methyl sites for hydroxylation is 2. The average molecular weight is 338 g/mol. The van der Waals surface area contributed by atoms with Crippen molar-refractivity contribution in [2.75, 3.05) is 0 Å². The number of fused-ring (bicyclic) bond motifs is 1. The van der Waals surface area contributed by atoms with Crippen LogP contribution in [-0.2, 0) is 6.54 Å². The fraction of sp³-hybridized carbons (Fsp3) is 0.444. The van der Waals surface area contributed by atoms with E-state index < -0.39 is 0 Å². The van der Waals surface area contributed by atoms with Gasteiger partial charge >= 0.3 is 0 Å². The number of H-pyrrole nitrogens is 1. The van der Waals surface area contributed by atoms with E-state index in [0.717, 1.165) is 28.1 Å². The van der Waals surface area contributed by atoms with Crippen molar-refractivity contribution in [2.24, 2.45) is 0 Å². The smallest absolute Gasteiger partial charge is 0.253 e. The number of amides is 1. The van der Waals surface area contributed by atoms with Crippen LogP contribution in [0.15, 0.2) is 18.6 Å². The summed E-state index contributed by atoms with van der Waals surface area (Å²) in [5, 5.41) is 10.0. The highest BCUT2D eigenvalue weighted by atomic mass is 16.1. The Morgan fingerprint density at radius 2 is 2.12 bits per heavy atom. The zero-order valence-corrected chi connectivity index (χ0v) is 14.5. The van der Waals surface area contributed by atoms with Gasteiger partial charge in [0.15, 0.2) is 5.65 Å². The first-order valence-electron chi connectivity index (χ1n) is 8.74. The van der Waals surface area contributed by atoms with Crippen LogP contribution >= 0.6 is 0 Å². The first kappa shape index (κ1) is 15.8. The molecule has 0 saturated heterocycles. The minimum absolute atomic E-state index is 0.148. The van der Waals surface area contributed by atoms with E-state index in [1.165, 1.54) is 25.7 Å². The third-order valence-electron chi connectivity index (χ3n) is 5.10. The van der Waals surface area contributed by atoms with Gasteiger partial charge in [-0.05, 0) is 32.8 Å². The van der Waals surface area contributed by atoms with E-state index >= 15 is 0 Å². The van der Waals surface area contributed by atoms with Crippen molar-refractivity contribution in [2.45, 2.75) is 52.1 Å². The number of pyridine rings is 1. The molecular formula is C18H22N6O. The van der Waals surface area contributed by atoms with E-state index in [2.05, 4.69) is 30.0 Å². The molecule has 0 aromatic carbocycles. The maximum Gasteiger partial charge on any atom is 0.253 e. The molecule has 7 nitrogen and oxygen atoms in total.